The summed E-state index contributed by atoms with van der Waals surface area (Å²) in [6.07, 6.45) is 4.19. The number of rotatable bonds is 5. The van der Waals surface area contributed by atoms with Gasteiger partial charge in [0.1, 0.15) is 5.75 Å². The first-order valence-corrected chi connectivity index (χ1v) is 9.48. The molecule has 0 bridgehead atoms. The van der Waals surface area contributed by atoms with Crippen molar-refractivity contribution < 1.29 is 14.3 Å². The third-order valence-electron chi connectivity index (χ3n) is 5.05. The molecule has 7 nitrogen and oxygen atoms in total. The molecule has 4 rings (SSSR count). The van der Waals surface area contributed by atoms with Crippen LogP contribution in [-0.4, -0.2) is 46.7 Å². The van der Waals surface area contributed by atoms with Gasteiger partial charge in [-0.15, -0.1) is 0 Å². The van der Waals surface area contributed by atoms with Gasteiger partial charge in [0, 0.05) is 36.7 Å². The van der Waals surface area contributed by atoms with E-state index in [2.05, 4.69) is 10.4 Å². The molecule has 1 atom stereocenters. The second-order valence-electron chi connectivity index (χ2n) is 6.96. The number of carbonyl (C=O) groups is 2. The minimum atomic E-state index is -0.238. The largest absolute Gasteiger partial charge is 0.497 e. The summed E-state index contributed by atoms with van der Waals surface area (Å²) in [4.78, 5) is 27.2. The zero-order valence-corrected chi connectivity index (χ0v) is 16.1. The molecule has 1 fully saturated rings. The van der Waals surface area contributed by atoms with Crippen LogP contribution in [0, 0.1) is 5.92 Å². The third kappa shape index (κ3) is 4.13. The highest BCUT2D eigenvalue weighted by Crippen LogP contribution is 2.23. The van der Waals surface area contributed by atoms with Crippen LogP contribution >= 0.6 is 0 Å². The van der Waals surface area contributed by atoms with Crippen molar-refractivity contribution in [2.75, 3.05) is 25.5 Å². The number of methoxy groups -OCH3 is 1. The monoisotopic (exact) mass is 390 g/mol. The summed E-state index contributed by atoms with van der Waals surface area (Å²) in [5.74, 6) is 0.239. The minimum absolute atomic E-state index is 0.0800. The number of carbonyl (C=O) groups excluding carboxylic acids is 2. The summed E-state index contributed by atoms with van der Waals surface area (Å²) >= 11 is 0. The molecule has 3 aromatic rings. The summed E-state index contributed by atoms with van der Waals surface area (Å²) in [7, 11) is 1.57. The fraction of sp³-hybridized carbons (Fsp3) is 0.227. The predicted molar refractivity (Wildman–Crippen MR) is 109 cm³/mol. The second-order valence-corrected chi connectivity index (χ2v) is 6.96. The van der Waals surface area contributed by atoms with E-state index >= 15 is 0 Å². The summed E-state index contributed by atoms with van der Waals surface area (Å²) < 4.78 is 6.92. The van der Waals surface area contributed by atoms with Crippen LogP contribution in [0.1, 0.15) is 16.8 Å². The smallest absolute Gasteiger partial charge is 0.254 e. The molecule has 1 aliphatic heterocycles. The van der Waals surface area contributed by atoms with Crippen molar-refractivity contribution in [3.05, 3.63) is 72.6 Å². The van der Waals surface area contributed by atoms with Gasteiger partial charge in [-0.2, -0.15) is 5.10 Å². The predicted octanol–water partition coefficient (Wildman–Crippen LogP) is 2.98. The summed E-state index contributed by atoms with van der Waals surface area (Å²) in [6.45, 7) is 0.960. The van der Waals surface area contributed by atoms with Crippen molar-refractivity contribution in [2.45, 2.75) is 6.42 Å². The Morgan fingerprint density at radius 2 is 2.00 bits per heavy atom. The number of anilines is 1. The zero-order chi connectivity index (χ0) is 20.2. The lowest BCUT2D eigenvalue weighted by Gasteiger charge is -2.17. The van der Waals surface area contributed by atoms with Crippen molar-refractivity contribution in [3.63, 3.8) is 0 Å². The van der Waals surface area contributed by atoms with Crippen molar-refractivity contribution >= 4 is 17.5 Å². The number of amides is 2. The topological polar surface area (TPSA) is 76.5 Å². The molecule has 1 N–H and O–H groups in total. The molecular weight excluding hydrogens is 368 g/mol. The fourth-order valence-corrected chi connectivity index (χ4v) is 3.49. The summed E-state index contributed by atoms with van der Waals surface area (Å²) in [6, 6.07) is 16.4. The summed E-state index contributed by atoms with van der Waals surface area (Å²) in [5.41, 5.74) is 2.15. The SMILES string of the molecule is COc1cccc(C(=O)N2CC[C@H](C(=O)Nc3cccc(-n4cccn4)c3)C2)c1. The molecule has 0 saturated carbocycles. The number of nitrogens with one attached hydrogen (secondary N) is 1. The molecule has 0 radical (unpaired) electrons. The van der Waals surface area contributed by atoms with Crippen molar-refractivity contribution in [1.29, 1.82) is 0 Å². The van der Waals surface area contributed by atoms with Crippen LogP contribution in [0.2, 0.25) is 0 Å². The molecular formula is C22H22N4O3. The van der Waals surface area contributed by atoms with Gasteiger partial charge in [-0.1, -0.05) is 12.1 Å². The van der Waals surface area contributed by atoms with Crippen LogP contribution in [0.3, 0.4) is 0 Å². The van der Waals surface area contributed by atoms with E-state index in [4.69, 9.17) is 4.74 Å². The van der Waals surface area contributed by atoms with E-state index in [0.717, 1.165) is 5.69 Å². The Kier molecular flexibility index (Phi) is 5.29. The fourth-order valence-electron chi connectivity index (χ4n) is 3.49. The molecule has 0 aliphatic carbocycles. The van der Waals surface area contributed by atoms with Crippen LogP contribution < -0.4 is 10.1 Å². The van der Waals surface area contributed by atoms with Crippen LogP contribution in [0.4, 0.5) is 5.69 Å². The minimum Gasteiger partial charge on any atom is -0.497 e. The Labute approximate surface area is 168 Å². The molecule has 2 heterocycles. The Hall–Kier alpha value is -3.61. The summed E-state index contributed by atoms with van der Waals surface area (Å²) in [5, 5.41) is 7.17. The van der Waals surface area contributed by atoms with Crippen LogP contribution in [-0.2, 0) is 4.79 Å². The van der Waals surface area contributed by atoms with E-state index in [-0.39, 0.29) is 17.7 Å². The Morgan fingerprint density at radius 1 is 1.14 bits per heavy atom. The molecule has 0 unspecified atom stereocenters. The van der Waals surface area contributed by atoms with Crippen molar-refractivity contribution in [3.8, 4) is 11.4 Å². The first kappa shape index (κ1) is 18.7. The van der Waals surface area contributed by atoms with Gasteiger partial charge >= 0.3 is 0 Å². The number of benzene rings is 2. The highest BCUT2D eigenvalue weighted by molar-refractivity contribution is 5.97. The maximum absolute atomic E-state index is 12.7. The molecule has 7 heteroatoms. The maximum Gasteiger partial charge on any atom is 0.254 e. The van der Waals surface area contributed by atoms with E-state index < -0.39 is 0 Å². The Morgan fingerprint density at radius 3 is 2.79 bits per heavy atom. The lowest BCUT2D eigenvalue weighted by molar-refractivity contribution is -0.119. The van der Waals surface area contributed by atoms with Gasteiger partial charge in [-0.05, 0) is 48.9 Å². The molecule has 1 saturated heterocycles. The number of nitrogens with zero attached hydrogens (tertiary/aromatic N) is 3. The van der Waals surface area contributed by atoms with Gasteiger partial charge in [0.15, 0.2) is 0 Å². The molecule has 0 spiro atoms. The quantitative estimate of drug-likeness (QED) is 0.727. The highest BCUT2D eigenvalue weighted by atomic mass is 16.5. The lowest BCUT2D eigenvalue weighted by Crippen LogP contribution is -2.31. The maximum atomic E-state index is 12.7. The van der Waals surface area contributed by atoms with E-state index in [9.17, 15) is 9.59 Å². The normalized spacial score (nSPS) is 15.9. The lowest BCUT2D eigenvalue weighted by atomic mass is 10.1. The van der Waals surface area contributed by atoms with Gasteiger partial charge in [-0.3, -0.25) is 9.59 Å². The van der Waals surface area contributed by atoms with Crippen LogP contribution in [0.15, 0.2) is 67.0 Å². The van der Waals surface area contributed by atoms with Gasteiger partial charge in [0.25, 0.3) is 5.91 Å². The zero-order valence-electron chi connectivity index (χ0n) is 16.1. The van der Waals surface area contributed by atoms with Gasteiger partial charge < -0.3 is 15.0 Å². The van der Waals surface area contributed by atoms with Crippen molar-refractivity contribution in [1.82, 2.24) is 14.7 Å². The molecule has 148 valence electrons. The Bertz CT molecular complexity index is 1020. The standard InChI is InChI=1S/C22H22N4O3/c1-29-20-8-2-5-16(13-20)22(28)25-12-9-17(15-25)21(27)24-18-6-3-7-19(14-18)26-11-4-10-23-26/h2-8,10-11,13-14,17H,9,12,15H2,1H3,(H,24,27)/t17-/m0/s1. The molecule has 2 amide bonds. The first-order valence-electron chi connectivity index (χ1n) is 9.48. The van der Waals surface area contributed by atoms with Gasteiger partial charge in [0.05, 0.1) is 18.7 Å². The van der Waals surface area contributed by atoms with E-state index in [0.29, 0.717) is 36.5 Å². The van der Waals surface area contributed by atoms with E-state index in [1.165, 1.54) is 0 Å². The Balaban J connectivity index is 1.39. The van der Waals surface area contributed by atoms with Gasteiger partial charge in [-0.25, -0.2) is 4.68 Å². The van der Waals surface area contributed by atoms with Crippen molar-refractivity contribution in [2.24, 2.45) is 5.92 Å². The molecule has 1 aliphatic rings. The number of hydrogen-bond donors (Lipinski definition) is 1. The first-order chi connectivity index (χ1) is 14.1. The highest BCUT2D eigenvalue weighted by Gasteiger charge is 2.31. The second kappa shape index (κ2) is 8.18. The van der Waals surface area contributed by atoms with Crippen LogP contribution in [0.25, 0.3) is 5.69 Å². The molecule has 1 aromatic heterocycles. The van der Waals surface area contributed by atoms with Gasteiger partial charge in [0.2, 0.25) is 5.91 Å². The number of likely N-dealkylation sites (tertiary alicyclic amines) is 1. The van der Waals surface area contributed by atoms with Crippen LogP contribution in [0.5, 0.6) is 5.75 Å². The van der Waals surface area contributed by atoms with E-state index in [1.54, 1.807) is 47.2 Å². The molecule has 29 heavy (non-hydrogen) atoms. The number of ether oxygens (including phenoxy) is 1. The average Bonchev–Trinajstić information content (AvgIpc) is 3.46. The number of hydrogen-bond acceptors (Lipinski definition) is 4. The third-order valence-corrected chi connectivity index (χ3v) is 5.05. The number of aromatic nitrogens is 2. The van der Waals surface area contributed by atoms with E-state index in [1.807, 2.05) is 36.5 Å². The molecule has 2 aromatic carbocycles. The average molecular weight is 390 g/mol.